The van der Waals surface area contributed by atoms with Gasteiger partial charge < -0.3 is 10.4 Å². The summed E-state index contributed by atoms with van der Waals surface area (Å²) >= 11 is 0. The molecule has 0 aliphatic carbocycles. The number of aromatic carboxylic acids is 1. The molecule has 124 valence electrons. The Labute approximate surface area is 132 Å². The van der Waals surface area contributed by atoms with Crippen LogP contribution in [0.4, 0.5) is 5.69 Å². The second kappa shape index (κ2) is 8.75. The van der Waals surface area contributed by atoms with Crippen molar-refractivity contribution in [2.24, 2.45) is 0 Å². The third-order valence-corrected chi connectivity index (χ3v) is 4.63. The highest BCUT2D eigenvalue weighted by molar-refractivity contribution is 7.89. The van der Waals surface area contributed by atoms with Gasteiger partial charge in [-0.05, 0) is 31.0 Å². The van der Waals surface area contributed by atoms with Crippen molar-refractivity contribution in [2.75, 3.05) is 18.4 Å². The van der Waals surface area contributed by atoms with Gasteiger partial charge in [0.15, 0.2) is 0 Å². The molecule has 0 aliphatic rings. The molecular weight excluding hydrogens is 304 g/mol. The molecule has 7 heteroatoms. The minimum absolute atomic E-state index is 0.0301. The van der Waals surface area contributed by atoms with Gasteiger partial charge in [-0.3, -0.25) is 0 Å². The van der Waals surface area contributed by atoms with Gasteiger partial charge in [-0.2, -0.15) is 0 Å². The third kappa shape index (κ3) is 5.31. The molecule has 0 fully saturated rings. The van der Waals surface area contributed by atoms with Crippen LogP contribution in [-0.4, -0.2) is 32.6 Å². The van der Waals surface area contributed by atoms with E-state index in [1.165, 1.54) is 18.2 Å². The molecule has 0 radical (unpaired) electrons. The van der Waals surface area contributed by atoms with Gasteiger partial charge in [0.05, 0.1) is 10.5 Å². The fourth-order valence-corrected chi connectivity index (χ4v) is 3.10. The maximum absolute atomic E-state index is 12.1. The number of carboxylic acids is 1. The summed E-state index contributed by atoms with van der Waals surface area (Å²) in [6, 6.07) is 4.13. The summed E-state index contributed by atoms with van der Waals surface area (Å²) in [5.41, 5.74) is 0.411. The second-order valence-corrected chi connectivity index (χ2v) is 6.81. The molecule has 0 heterocycles. The van der Waals surface area contributed by atoms with Gasteiger partial charge in [0, 0.05) is 18.8 Å². The fourth-order valence-electron chi connectivity index (χ4n) is 1.94. The lowest BCUT2D eigenvalue weighted by atomic mass is 10.1. The van der Waals surface area contributed by atoms with E-state index >= 15 is 0 Å². The number of hydrogen-bond acceptors (Lipinski definition) is 4. The molecular formula is C15H24N2O4S. The summed E-state index contributed by atoms with van der Waals surface area (Å²) in [4.78, 5) is 11.3. The Morgan fingerprint density at radius 2 is 1.86 bits per heavy atom. The van der Waals surface area contributed by atoms with Crippen LogP contribution in [0.2, 0.25) is 0 Å². The van der Waals surface area contributed by atoms with Crippen molar-refractivity contribution in [3.05, 3.63) is 23.8 Å². The maximum atomic E-state index is 12.1. The van der Waals surface area contributed by atoms with Crippen LogP contribution in [0.1, 0.15) is 49.9 Å². The zero-order valence-corrected chi connectivity index (χ0v) is 13.9. The van der Waals surface area contributed by atoms with E-state index < -0.39 is 16.0 Å². The standard InChI is InChI=1S/C15H24N2O4S/c1-3-5-6-10-16-14-8-7-12(11-13(14)15(18)19)22(20,21)17-9-4-2/h7-8,11,16-17H,3-6,9-10H2,1-2H3,(H,18,19). The number of anilines is 1. The van der Waals surface area contributed by atoms with Crippen LogP contribution < -0.4 is 10.0 Å². The molecule has 0 saturated carbocycles. The fraction of sp³-hybridized carbons (Fsp3) is 0.533. The van der Waals surface area contributed by atoms with Gasteiger partial charge >= 0.3 is 5.97 Å². The smallest absolute Gasteiger partial charge is 0.337 e. The summed E-state index contributed by atoms with van der Waals surface area (Å²) in [6.45, 7) is 4.93. The third-order valence-electron chi connectivity index (χ3n) is 3.17. The maximum Gasteiger partial charge on any atom is 0.337 e. The Hall–Kier alpha value is -1.60. The highest BCUT2D eigenvalue weighted by atomic mass is 32.2. The number of carboxylic acid groups (broad SMARTS) is 1. The van der Waals surface area contributed by atoms with Crippen LogP contribution in [0.3, 0.4) is 0 Å². The Morgan fingerprint density at radius 3 is 2.45 bits per heavy atom. The van der Waals surface area contributed by atoms with E-state index in [9.17, 15) is 18.3 Å². The van der Waals surface area contributed by atoms with E-state index in [2.05, 4.69) is 17.0 Å². The van der Waals surface area contributed by atoms with Crippen LogP contribution in [-0.2, 0) is 10.0 Å². The minimum atomic E-state index is -3.67. The number of unbranched alkanes of at least 4 members (excludes halogenated alkanes) is 2. The van der Waals surface area contributed by atoms with E-state index in [0.717, 1.165) is 19.3 Å². The van der Waals surface area contributed by atoms with E-state index in [4.69, 9.17) is 0 Å². The van der Waals surface area contributed by atoms with Gasteiger partial charge in [0.2, 0.25) is 10.0 Å². The van der Waals surface area contributed by atoms with Crippen molar-refractivity contribution < 1.29 is 18.3 Å². The Bertz CT molecular complexity index is 600. The molecule has 0 aromatic heterocycles. The molecule has 6 nitrogen and oxygen atoms in total. The summed E-state index contributed by atoms with van der Waals surface area (Å²) in [5.74, 6) is -1.15. The second-order valence-electron chi connectivity index (χ2n) is 5.04. The van der Waals surface area contributed by atoms with Gasteiger partial charge in [-0.25, -0.2) is 17.9 Å². The first-order valence-corrected chi connectivity index (χ1v) is 9.01. The van der Waals surface area contributed by atoms with E-state index in [1.807, 2.05) is 6.92 Å². The highest BCUT2D eigenvalue weighted by Crippen LogP contribution is 2.21. The van der Waals surface area contributed by atoms with Crippen LogP contribution in [0.5, 0.6) is 0 Å². The number of rotatable bonds is 10. The Balaban J connectivity index is 2.97. The molecule has 0 bridgehead atoms. The molecule has 0 aliphatic heterocycles. The van der Waals surface area contributed by atoms with Crippen molar-refractivity contribution in [2.45, 2.75) is 44.4 Å². The monoisotopic (exact) mass is 328 g/mol. The van der Waals surface area contributed by atoms with Crippen molar-refractivity contribution in [3.8, 4) is 0 Å². The molecule has 0 atom stereocenters. The average molecular weight is 328 g/mol. The number of nitrogens with one attached hydrogen (secondary N) is 2. The number of carbonyl (C=O) groups is 1. The molecule has 22 heavy (non-hydrogen) atoms. The number of hydrogen-bond donors (Lipinski definition) is 3. The van der Waals surface area contributed by atoms with Crippen molar-refractivity contribution in [1.82, 2.24) is 4.72 Å². The lowest BCUT2D eigenvalue weighted by Gasteiger charge is -2.12. The van der Waals surface area contributed by atoms with Gasteiger partial charge in [-0.15, -0.1) is 0 Å². The van der Waals surface area contributed by atoms with Crippen LogP contribution in [0.25, 0.3) is 0 Å². The summed E-state index contributed by atoms with van der Waals surface area (Å²) in [6.07, 6.45) is 3.74. The lowest BCUT2D eigenvalue weighted by molar-refractivity contribution is 0.0697. The van der Waals surface area contributed by atoms with E-state index in [-0.39, 0.29) is 10.5 Å². The quantitative estimate of drug-likeness (QED) is 0.574. The molecule has 0 unspecified atom stereocenters. The van der Waals surface area contributed by atoms with E-state index in [1.54, 1.807) is 0 Å². The van der Waals surface area contributed by atoms with Gasteiger partial charge in [0.25, 0.3) is 0 Å². The lowest BCUT2D eigenvalue weighted by Crippen LogP contribution is -2.24. The zero-order chi connectivity index (χ0) is 16.6. The summed E-state index contributed by atoms with van der Waals surface area (Å²) in [5, 5.41) is 12.3. The minimum Gasteiger partial charge on any atom is -0.478 e. The zero-order valence-electron chi connectivity index (χ0n) is 13.1. The topological polar surface area (TPSA) is 95.5 Å². The normalized spacial score (nSPS) is 11.4. The predicted molar refractivity (Wildman–Crippen MR) is 86.9 cm³/mol. The average Bonchev–Trinajstić information content (AvgIpc) is 2.49. The van der Waals surface area contributed by atoms with E-state index in [0.29, 0.717) is 25.2 Å². The molecule has 3 N–H and O–H groups in total. The van der Waals surface area contributed by atoms with Gasteiger partial charge in [0.1, 0.15) is 0 Å². The van der Waals surface area contributed by atoms with Crippen molar-refractivity contribution >= 4 is 21.7 Å². The van der Waals surface area contributed by atoms with Gasteiger partial charge in [-0.1, -0.05) is 26.7 Å². The molecule has 1 aromatic carbocycles. The largest absolute Gasteiger partial charge is 0.478 e. The predicted octanol–water partition coefficient (Wildman–Crippen LogP) is 2.68. The SMILES string of the molecule is CCCCCNc1ccc(S(=O)(=O)NCCC)cc1C(=O)O. The van der Waals surface area contributed by atoms with Crippen LogP contribution >= 0.6 is 0 Å². The summed E-state index contributed by atoms with van der Waals surface area (Å²) < 4.78 is 26.5. The Morgan fingerprint density at radius 1 is 1.14 bits per heavy atom. The Kier molecular flexibility index (Phi) is 7.34. The molecule has 1 aromatic rings. The first-order chi connectivity index (χ1) is 10.4. The molecule has 0 saturated heterocycles. The molecule has 0 spiro atoms. The van der Waals surface area contributed by atoms with Crippen LogP contribution in [0.15, 0.2) is 23.1 Å². The molecule has 1 rings (SSSR count). The number of sulfonamides is 1. The first kappa shape index (κ1) is 18.4. The first-order valence-electron chi connectivity index (χ1n) is 7.53. The van der Waals surface area contributed by atoms with Crippen LogP contribution in [0, 0.1) is 0 Å². The number of benzene rings is 1. The summed E-state index contributed by atoms with van der Waals surface area (Å²) in [7, 11) is -3.67. The molecule has 0 amide bonds. The highest BCUT2D eigenvalue weighted by Gasteiger charge is 2.18. The van der Waals surface area contributed by atoms with Crippen molar-refractivity contribution in [3.63, 3.8) is 0 Å². The van der Waals surface area contributed by atoms with Crippen molar-refractivity contribution in [1.29, 1.82) is 0 Å².